The third-order valence-corrected chi connectivity index (χ3v) is 3.90. The van der Waals surface area contributed by atoms with Crippen molar-refractivity contribution >= 4 is 11.5 Å². The summed E-state index contributed by atoms with van der Waals surface area (Å²) in [5.41, 5.74) is 7.77. The van der Waals surface area contributed by atoms with Gasteiger partial charge in [0.1, 0.15) is 5.82 Å². The maximum atomic E-state index is 6.12. The number of hydrogen-bond acceptors (Lipinski definition) is 4. The number of nitrogens with zero attached hydrogens (tertiary/aromatic N) is 2. The normalized spacial score (nSPS) is 23.2. The highest BCUT2D eigenvalue weighted by Crippen LogP contribution is 2.28. The SMILES string of the molecule is CCC1OCCC1CNc1c(N)c(C)nn1C(C)C. The maximum Gasteiger partial charge on any atom is 0.148 e. The van der Waals surface area contributed by atoms with Gasteiger partial charge in [0.25, 0.3) is 0 Å². The molecule has 2 atom stereocenters. The Kier molecular flexibility index (Phi) is 4.34. The second-order valence-corrected chi connectivity index (χ2v) is 5.63. The number of aryl methyl sites for hydroxylation is 1. The maximum absolute atomic E-state index is 6.12. The summed E-state index contributed by atoms with van der Waals surface area (Å²) >= 11 is 0. The summed E-state index contributed by atoms with van der Waals surface area (Å²) in [5.74, 6) is 1.52. The van der Waals surface area contributed by atoms with Crippen LogP contribution in [0.1, 0.15) is 45.3 Å². The van der Waals surface area contributed by atoms with Crippen LogP contribution in [0.3, 0.4) is 0 Å². The Morgan fingerprint density at radius 3 is 2.89 bits per heavy atom. The zero-order chi connectivity index (χ0) is 14.0. The number of nitrogens with two attached hydrogens (primary N) is 1. The van der Waals surface area contributed by atoms with E-state index in [0.29, 0.717) is 18.1 Å². The summed E-state index contributed by atoms with van der Waals surface area (Å²) < 4.78 is 7.70. The van der Waals surface area contributed by atoms with E-state index in [0.717, 1.165) is 43.2 Å². The Morgan fingerprint density at radius 1 is 1.53 bits per heavy atom. The van der Waals surface area contributed by atoms with Crippen LogP contribution in [0.25, 0.3) is 0 Å². The molecule has 0 bridgehead atoms. The van der Waals surface area contributed by atoms with Gasteiger partial charge in [-0.15, -0.1) is 0 Å². The predicted molar refractivity (Wildman–Crippen MR) is 78.4 cm³/mol. The van der Waals surface area contributed by atoms with E-state index >= 15 is 0 Å². The van der Waals surface area contributed by atoms with Crippen molar-refractivity contribution in [1.82, 2.24) is 9.78 Å². The molecule has 5 nitrogen and oxygen atoms in total. The molecule has 2 unspecified atom stereocenters. The van der Waals surface area contributed by atoms with Crippen LogP contribution in [0.5, 0.6) is 0 Å². The molecule has 5 heteroatoms. The first-order valence-corrected chi connectivity index (χ1v) is 7.24. The average Bonchev–Trinajstić information content (AvgIpc) is 2.93. The topological polar surface area (TPSA) is 65.1 Å². The minimum absolute atomic E-state index is 0.306. The second-order valence-electron chi connectivity index (χ2n) is 5.63. The first kappa shape index (κ1) is 14.2. The molecule has 2 heterocycles. The van der Waals surface area contributed by atoms with Gasteiger partial charge in [-0.05, 0) is 33.6 Å². The Labute approximate surface area is 115 Å². The fourth-order valence-corrected chi connectivity index (χ4v) is 2.72. The number of anilines is 2. The minimum atomic E-state index is 0.306. The van der Waals surface area contributed by atoms with Crippen LogP contribution in [0.4, 0.5) is 11.5 Å². The minimum Gasteiger partial charge on any atom is -0.394 e. The third kappa shape index (κ3) is 2.86. The highest BCUT2D eigenvalue weighted by Gasteiger charge is 2.27. The summed E-state index contributed by atoms with van der Waals surface area (Å²) in [6.45, 7) is 10.1. The number of nitrogen functional groups attached to an aromatic ring is 1. The molecule has 1 aliphatic rings. The first-order chi connectivity index (χ1) is 9.04. The lowest BCUT2D eigenvalue weighted by Crippen LogP contribution is -2.24. The quantitative estimate of drug-likeness (QED) is 0.859. The molecule has 0 aromatic carbocycles. The number of hydrogen-bond donors (Lipinski definition) is 2. The van der Waals surface area contributed by atoms with Gasteiger partial charge < -0.3 is 15.8 Å². The van der Waals surface area contributed by atoms with Crippen LogP contribution >= 0.6 is 0 Å². The highest BCUT2D eigenvalue weighted by molar-refractivity contribution is 5.64. The zero-order valence-corrected chi connectivity index (χ0v) is 12.4. The van der Waals surface area contributed by atoms with Gasteiger partial charge in [-0.2, -0.15) is 5.10 Å². The molecule has 2 rings (SSSR count). The molecular weight excluding hydrogens is 240 g/mol. The fraction of sp³-hybridized carbons (Fsp3) is 0.786. The average molecular weight is 266 g/mol. The summed E-state index contributed by atoms with van der Waals surface area (Å²) in [4.78, 5) is 0. The van der Waals surface area contributed by atoms with Gasteiger partial charge in [0.15, 0.2) is 0 Å². The zero-order valence-electron chi connectivity index (χ0n) is 12.4. The lowest BCUT2D eigenvalue weighted by atomic mass is 10.00. The van der Waals surface area contributed by atoms with E-state index < -0.39 is 0 Å². The summed E-state index contributed by atoms with van der Waals surface area (Å²) in [5, 5.41) is 7.98. The van der Waals surface area contributed by atoms with E-state index in [4.69, 9.17) is 10.5 Å². The molecule has 3 N–H and O–H groups in total. The van der Waals surface area contributed by atoms with Gasteiger partial charge in [-0.3, -0.25) is 0 Å². The van der Waals surface area contributed by atoms with Crippen LogP contribution < -0.4 is 11.1 Å². The fourth-order valence-electron chi connectivity index (χ4n) is 2.72. The number of rotatable bonds is 5. The van der Waals surface area contributed by atoms with Crippen molar-refractivity contribution in [3.8, 4) is 0 Å². The predicted octanol–water partition coefficient (Wildman–Crippen LogP) is 2.58. The van der Waals surface area contributed by atoms with Gasteiger partial charge in [-0.1, -0.05) is 6.92 Å². The van der Waals surface area contributed by atoms with E-state index in [2.05, 4.69) is 31.2 Å². The van der Waals surface area contributed by atoms with Crippen molar-refractivity contribution in [1.29, 1.82) is 0 Å². The Morgan fingerprint density at radius 2 is 2.26 bits per heavy atom. The van der Waals surface area contributed by atoms with Crippen LogP contribution in [0.15, 0.2) is 0 Å². The molecule has 1 saturated heterocycles. The Bertz CT molecular complexity index is 427. The van der Waals surface area contributed by atoms with E-state index in [1.807, 2.05) is 11.6 Å². The van der Waals surface area contributed by atoms with Gasteiger partial charge >= 0.3 is 0 Å². The van der Waals surface area contributed by atoms with E-state index in [1.54, 1.807) is 0 Å². The van der Waals surface area contributed by atoms with E-state index in [1.165, 1.54) is 0 Å². The first-order valence-electron chi connectivity index (χ1n) is 7.24. The molecule has 0 saturated carbocycles. The molecule has 0 amide bonds. The van der Waals surface area contributed by atoms with Crippen molar-refractivity contribution in [3.63, 3.8) is 0 Å². The van der Waals surface area contributed by atoms with Gasteiger partial charge in [-0.25, -0.2) is 4.68 Å². The van der Waals surface area contributed by atoms with Crippen LogP contribution in [-0.4, -0.2) is 29.0 Å². The number of nitrogens with one attached hydrogen (secondary N) is 1. The smallest absolute Gasteiger partial charge is 0.148 e. The van der Waals surface area contributed by atoms with E-state index in [-0.39, 0.29) is 0 Å². The molecule has 0 radical (unpaired) electrons. The Hall–Kier alpha value is -1.23. The van der Waals surface area contributed by atoms with Crippen molar-refractivity contribution in [2.75, 3.05) is 24.2 Å². The van der Waals surface area contributed by atoms with Crippen molar-refractivity contribution < 1.29 is 4.74 Å². The molecular formula is C14H26N4O. The molecule has 1 aromatic rings. The molecule has 0 spiro atoms. The van der Waals surface area contributed by atoms with Crippen molar-refractivity contribution in [2.45, 2.75) is 52.7 Å². The monoisotopic (exact) mass is 266 g/mol. The summed E-state index contributed by atoms with van der Waals surface area (Å²) in [6, 6.07) is 0.306. The summed E-state index contributed by atoms with van der Waals surface area (Å²) in [7, 11) is 0. The van der Waals surface area contributed by atoms with Gasteiger partial charge in [0.05, 0.1) is 17.5 Å². The molecule has 0 aliphatic carbocycles. The number of aromatic nitrogens is 2. The number of ether oxygens (including phenoxy) is 1. The highest BCUT2D eigenvalue weighted by atomic mass is 16.5. The van der Waals surface area contributed by atoms with Gasteiger partial charge in [0, 0.05) is 25.1 Å². The largest absolute Gasteiger partial charge is 0.394 e. The lowest BCUT2D eigenvalue weighted by Gasteiger charge is -2.19. The molecule has 1 fully saturated rings. The third-order valence-electron chi connectivity index (χ3n) is 3.90. The Balaban J connectivity index is 2.06. The van der Waals surface area contributed by atoms with Crippen LogP contribution in [0.2, 0.25) is 0 Å². The standard InChI is InChI=1S/C14H26N4O/c1-5-12-11(6-7-19-12)8-16-14-13(15)10(4)17-18(14)9(2)3/h9,11-12,16H,5-8,15H2,1-4H3. The van der Waals surface area contributed by atoms with Crippen LogP contribution in [-0.2, 0) is 4.74 Å². The van der Waals surface area contributed by atoms with E-state index in [9.17, 15) is 0 Å². The second kappa shape index (κ2) is 5.82. The van der Waals surface area contributed by atoms with Crippen LogP contribution in [0, 0.1) is 12.8 Å². The van der Waals surface area contributed by atoms with Gasteiger partial charge in [0.2, 0.25) is 0 Å². The molecule has 1 aromatic heterocycles. The van der Waals surface area contributed by atoms with Crippen molar-refractivity contribution in [3.05, 3.63) is 5.69 Å². The lowest BCUT2D eigenvalue weighted by molar-refractivity contribution is 0.0900. The van der Waals surface area contributed by atoms with Crippen molar-refractivity contribution in [2.24, 2.45) is 5.92 Å². The molecule has 19 heavy (non-hydrogen) atoms. The summed E-state index contributed by atoms with van der Waals surface area (Å²) in [6.07, 6.45) is 2.58. The molecule has 108 valence electrons. The molecule has 1 aliphatic heterocycles.